The van der Waals surface area contributed by atoms with E-state index in [2.05, 4.69) is 15.3 Å². The number of H-pyrrole nitrogens is 1. The van der Waals surface area contributed by atoms with Gasteiger partial charge in [-0.2, -0.15) is 5.26 Å². The second-order valence-electron chi connectivity index (χ2n) is 2.53. The minimum absolute atomic E-state index is 0.254. The molecule has 1 aromatic rings. The molecular weight excluding hydrogens is 170 g/mol. The first kappa shape index (κ1) is 9.06. The third kappa shape index (κ3) is 2.20. The molecule has 0 radical (unpaired) electrons. The number of primary amides is 1. The minimum Gasteiger partial charge on any atom is -0.351 e. The Morgan fingerprint density at radius 1 is 1.92 bits per heavy atom. The summed E-state index contributed by atoms with van der Waals surface area (Å²) in [6, 6.07) is 1.34. The Morgan fingerprint density at radius 3 is 3.15 bits per heavy atom. The van der Waals surface area contributed by atoms with Crippen LogP contribution in [0.5, 0.6) is 0 Å². The largest absolute Gasteiger partial charge is 0.351 e. The summed E-state index contributed by atoms with van der Waals surface area (Å²) in [5.41, 5.74) is 5.51. The number of anilines is 1. The Kier molecular flexibility index (Phi) is 2.50. The van der Waals surface area contributed by atoms with E-state index in [-0.39, 0.29) is 11.9 Å². The molecule has 1 aromatic heterocycles. The molecule has 0 aliphatic rings. The van der Waals surface area contributed by atoms with Gasteiger partial charge in [-0.15, -0.1) is 0 Å². The molecule has 0 spiro atoms. The number of aromatic nitrogens is 2. The third-order valence-corrected chi connectivity index (χ3v) is 1.50. The second kappa shape index (κ2) is 3.58. The van der Waals surface area contributed by atoms with E-state index in [1.165, 1.54) is 6.20 Å². The van der Waals surface area contributed by atoms with Crippen LogP contribution in [0.25, 0.3) is 0 Å². The van der Waals surface area contributed by atoms with Gasteiger partial charge in [0.1, 0.15) is 0 Å². The van der Waals surface area contributed by atoms with Crippen LogP contribution in [0.1, 0.15) is 18.5 Å². The first-order valence-electron chi connectivity index (χ1n) is 3.64. The lowest BCUT2D eigenvalue weighted by molar-refractivity contribution is 0.259. The number of nitrogens with two attached hydrogens (primary N) is 1. The molecule has 13 heavy (non-hydrogen) atoms. The highest BCUT2D eigenvalue weighted by Gasteiger charge is 2.07. The van der Waals surface area contributed by atoms with Gasteiger partial charge in [0.05, 0.1) is 23.9 Å². The van der Waals surface area contributed by atoms with Crippen molar-refractivity contribution in [1.29, 1.82) is 5.26 Å². The average Bonchev–Trinajstić information content (AvgIpc) is 2.50. The number of rotatable bonds is 2. The molecular formula is C7H9N5O. The number of amides is 2. The van der Waals surface area contributed by atoms with Gasteiger partial charge < -0.3 is 10.7 Å². The molecule has 1 rings (SSSR count). The molecule has 6 nitrogen and oxygen atoms in total. The monoisotopic (exact) mass is 179 g/mol. The Balaban J connectivity index is 2.76. The molecule has 1 unspecified atom stereocenters. The molecule has 1 heterocycles. The summed E-state index contributed by atoms with van der Waals surface area (Å²) in [6.45, 7) is 1.72. The maximum absolute atomic E-state index is 10.4. The van der Waals surface area contributed by atoms with Crippen LogP contribution in [0, 0.1) is 11.3 Å². The summed E-state index contributed by atoms with van der Waals surface area (Å²) >= 11 is 0. The van der Waals surface area contributed by atoms with E-state index in [4.69, 9.17) is 11.0 Å². The van der Waals surface area contributed by atoms with E-state index in [1.807, 2.05) is 6.07 Å². The fourth-order valence-corrected chi connectivity index (χ4v) is 0.805. The number of hydrogen-bond donors (Lipinski definition) is 3. The Bertz CT molecular complexity index is 350. The number of imidazole rings is 1. The number of aromatic amines is 1. The predicted molar refractivity (Wildman–Crippen MR) is 45.8 cm³/mol. The summed E-state index contributed by atoms with van der Waals surface area (Å²) < 4.78 is 0. The van der Waals surface area contributed by atoms with E-state index in [0.29, 0.717) is 5.69 Å². The van der Waals surface area contributed by atoms with Crippen LogP contribution < -0.4 is 11.1 Å². The lowest BCUT2D eigenvalue weighted by atomic mass is 10.1. The lowest BCUT2D eigenvalue weighted by Crippen LogP contribution is -2.20. The van der Waals surface area contributed by atoms with Gasteiger partial charge in [0.2, 0.25) is 5.95 Å². The highest BCUT2D eigenvalue weighted by molar-refractivity contribution is 5.85. The number of nitrogens with one attached hydrogen (secondary N) is 2. The number of carbonyl (C=O) groups is 1. The van der Waals surface area contributed by atoms with Crippen molar-refractivity contribution in [1.82, 2.24) is 9.97 Å². The molecule has 6 heteroatoms. The van der Waals surface area contributed by atoms with Crippen molar-refractivity contribution in [2.45, 2.75) is 12.8 Å². The van der Waals surface area contributed by atoms with Gasteiger partial charge in [-0.05, 0) is 6.92 Å². The van der Waals surface area contributed by atoms with Gasteiger partial charge in [-0.25, -0.2) is 9.78 Å². The molecule has 0 aliphatic carbocycles. The minimum atomic E-state index is -0.689. The van der Waals surface area contributed by atoms with Crippen LogP contribution in [0.15, 0.2) is 6.20 Å². The molecule has 0 fully saturated rings. The van der Waals surface area contributed by atoms with Gasteiger partial charge in [0.15, 0.2) is 0 Å². The third-order valence-electron chi connectivity index (χ3n) is 1.50. The smallest absolute Gasteiger partial charge is 0.318 e. The number of carbonyl (C=O) groups excluding carboxylic acids is 1. The molecule has 0 saturated heterocycles. The van der Waals surface area contributed by atoms with Crippen molar-refractivity contribution in [2.75, 3.05) is 5.32 Å². The zero-order chi connectivity index (χ0) is 9.84. The van der Waals surface area contributed by atoms with Gasteiger partial charge in [-0.1, -0.05) is 0 Å². The SMILES string of the molecule is CC(C#N)c1cnc(NC(N)=O)[nH]1. The predicted octanol–water partition coefficient (Wildman–Crippen LogP) is 0.527. The van der Waals surface area contributed by atoms with Crippen molar-refractivity contribution in [3.8, 4) is 6.07 Å². The van der Waals surface area contributed by atoms with E-state index in [9.17, 15) is 4.79 Å². The van der Waals surface area contributed by atoms with Crippen molar-refractivity contribution >= 4 is 12.0 Å². The highest BCUT2D eigenvalue weighted by atomic mass is 16.2. The summed E-state index contributed by atoms with van der Waals surface area (Å²) in [4.78, 5) is 17.0. The van der Waals surface area contributed by atoms with Crippen molar-refractivity contribution < 1.29 is 4.79 Å². The Morgan fingerprint density at radius 2 is 2.62 bits per heavy atom. The van der Waals surface area contributed by atoms with Crippen LogP contribution in [0.4, 0.5) is 10.7 Å². The van der Waals surface area contributed by atoms with Crippen LogP contribution in [0.3, 0.4) is 0 Å². The van der Waals surface area contributed by atoms with E-state index in [0.717, 1.165) is 0 Å². The molecule has 0 aliphatic heterocycles. The van der Waals surface area contributed by atoms with Gasteiger partial charge in [0.25, 0.3) is 0 Å². The average molecular weight is 179 g/mol. The van der Waals surface area contributed by atoms with E-state index in [1.54, 1.807) is 6.92 Å². The molecule has 4 N–H and O–H groups in total. The van der Waals surface area contributed by atoms with Gasteiger partial charge in [0, 0.05) is 0 Å². The molecule has 2 amide bonds. The summed E-state index contributed by atoms with van der Waals surface area (Å²) in [7, 11) is 0. The maximum Gasteiger partial charge on any atom is 0.318 e. The Labute approximate surface area is 74.8 Å². The summed E-state index contributed by atoms with van der Waals surface area (Å²) in [5, 5.41) is 10.8. The van der Waals surface area contributed by atoms with Gasteiger partial charge in [-0.3, -0.25) is 5.32 Å². The fourth-order valence-electron chi connectivity index (χ4n) is 0.805. The highest BCUT2D eigenvalue weighted by Crippen LogP contribution is 2.12. The first-order chi connectivity index (χ1) is 6.13. The topological polar surface area (TPSA) is 108 Å². The van der Waals surface area contributed by atoms with Crippen molar-refractivity contribution in [3.63, 3.8) is 0 Å². The normalized spacial score (nSPS) is 11.7. The molecule has 0 saturated carbocycles. The van der Waals surface area contributed by atoms with E-state index < -0.39 is 6.03 Å². The number of hydrogen-bond acceptors (Lipinski definition) is 3. The maximum atomic E-state index is 10.4. The van der Waals surface area contributed by atoms with E-state index >= 15 is 0 Å². The first-order valence-corrected chi connectivity index (χ1v) is 3.64. The molecule has 0 aromatic carbocycles. The van der Waals surface area contributed by atoms with Crippen LogP contribution >= 0.6 is 0 Å². The molecule has 1 atom stereocenters. The summed E-state index contributed by atoms with van der Waals surface area (Å²) in [5.74, 6) is -0.0273. The number of nitriles is 1. The molecule has 0 bridgehead atoms. The van der Waals surface area contributed by atoms with Crippen LogP contribution in [-0.4, -0.2) is 16.0 Å². The molecule has 68 valence electrons. The second-order valence-corrected chi connectivity index (χ2v) is 2.53. The fraction of sp³-hybridized carbons (Fsp3) is 0.286. The van der Waals surface area contributed by atoms with Crippen molar-refractivity contribution in [3.05, 3.63) is 11.9 Å². The number of urea groups is 1. The zero-order valence-electron chi connectivity index (χ0n) is 7.03. The summed E-state index contributed by atoms with van der Waals surface area (Å²) in [6.07, 6.45) is 1.49. The zero-order valence-corrected chi connectivity index (χ0v) is 7.03. The van der Waals surface area contributed by atoms with Gasteiger partial charge >= 0.3 is 6.03 Å². The quantitative estimate of drug-likeness (QED) is 0.616. The number of nitrogens with zero attached hydrogens (tertiary/aromatic N) is 2. The van der Waals surface area contributed by atoms with Crippen molar-refractivity contribution in [2.24, 2.45) is 5.73 Å². The van der Waals surface area contributed by atoms with Crippen LogP contribution in [-0.2, 0) is 0 Å². The lowest BCUT2D eigenvalue weighted by Gasteiger charge is -1.96. The Hall–Kier alpha value is -2.03. The standard InChI is InChI=1S/C7H9N5O/c1-4(2-8)5-3-10-7(11-5)12-6(9)13/h3-4H,1H3,(H4,9,10,11,12,13). The van der Waals surface area contributed by atoms with Crippen LogP contribution in [0.2, 0.25) is 0 Å².